The van der Waals surface area contributed by atoms with Crippen LogP contribution < -0.4 is 0 Å². The van der Waals surface area contributed by atoms with Gasteiger partial charge in [0.25, 0.3) is 6.43 Å². The number of hydrogen-bond donors (Lipinski definition) is 1. The highest BCUT2D eigenvalue weighted by Gasteiger charge is 2.41. The van der Waals surface area contributed by atoms with Crippen LogP contribution in [0.25, 0.3) is 0 Å². The van der Waals surface area contributed by atoms with Crippen LogP contribution >= 0.6 is 0 Å². The largest absolute Gasteiger partial charge is 0.481 e. The third kappa shape index (κ3) is 4.20. The van der Waals surface area contributed by atoms with E-state index in [4.69, 9.17) is 9.26 Å². The molecule has 2 rings (SSSR count). The molecule has 0 radical (unpaired) electrons. The smallest absolute Gasteiger partial charge is 0.307 e. The van der Waals surface area contributed by atoms with Crippen LogP contribution in [0, 0.1) is 11.8 Å². The van der Waals surface area contributed by atoms with Gasteiger partial charge in [-0.05, 0) is 18.8 Å². The van der Waals surface area contributed by atoms with Gasteiger partial charge in [0.1, 0.15) is 6.61 Å². The van der Waals surface area contributed by atoms with E-state index in [2.05, 4.69) is 10.1 Å². The Hall–Kier alpha value is -1.57. The summed E-state index contributed by atoms with van der Waals surface area (Å²) >= 11 is 0. The fourth-order valence-electron chi connectivity index (χ4n) is 2.69. The van der Waals surface area contributed by atoms with Gasteiger partial charge < -0.3 is 14.4 Å². The van der Waals surface area contributed by atoms with Gasteiger partial charge in [-0.1, -0.05) is 12.1 Å². The standard InChI is InChI=1S/C13H18F2N2O4/c1-7-4-8(9(5-7)13(18)19)12-16-11(17-21-12)2-3-20-6-10(14)15/h7-10H,2-6H2,1H3,(H,18,19). The third-order valence-corrected chi connectivity index (χ3v) is 3.63. The van der Waals surface area contributed by atoms with Crippen LogP contribution in [0.15, 0.2) is 4.52 Å². The summed E-state index contributed by atoms with van der Waals surface area (Å²) in [4.78, 5) is 15.4. The minimum Gasteiger partial charge on any atom is -0.481 e. The summed E-state index contributed by atoms with van der Waals surface area (Å²) < 4.78 is 33.7. The van der Waals surface area contributed by atoms with Gasteiger partial charge in [0.2, 0.25) is 5.89 Å². The summed E-state index contributed by atoms with van der Waals surface area (Å²) in [6, 6.07) is 0. The van der Waals surface area contributed by atoms with Crippen LogP contribution in [0.5, 0.6) is 0 Å². The topological polar surface area (TPSA) is 85.5 Å². The molecule has 3 unspecified atom stereocenters. The summed E-state index contributed by atoms with van der Waals surface area (Å²) in [5.74, 6) is -0.687. The predicted octanol–water partition coefficient (Wildman–Crippen LogP) is 2.11. The third-order valence-electron chi connectivity index (χ3n) is 3.63. The first kappa shape index (κ1) is 15.8. The number of ether oxygens (including phenoxy) is 1. The van der Waals surface area contributed by atoms with Gasteiger partial charge in [-0.25, -0.2) is 8.78 Å². The Morgan fingerprint density at radius 2 is 2.29 bits per heavy atom. The van der Waals surface area contributed by atoms with Gasteiger partial charge in [0.05, 0.1) is 18.4 Å². The Labute approximate surface area is 120 Å². The van der Waals surface area contributed by atoms with Crippen molar-refractivity contribution in [2.24, 2.45) is 11.8 Å². The lowest BCUT2D eigenvalue weighted by atomic mass is 9.96. The van der Waals surface area contributed by atoms with Crippen LogP contribution in [-0.4, -0.2) is 40.9 Å². The van der Waals surface area contributed by atoms with Crippen LogP contribution in [0.3, 0.4) is 0 Å². The van der Waals surface area contributed by atoms with E-state index >= 15 is 0 Å². The number of carboxylic acid groups (broad SMARTS) is 1. The molecular weight excluding hydrogens is 286 g/mol. The molecule has 1 N–H and O–H groups in total. The molecule has 1 aliphatic rings. The van der Waals surface area contributed by atoms with Crippen molar-refractivity contribution >= 4 is 5.97 Å². The number of halogens is 2. The van der Waals surface area contributed by atoms with Crippen LogP contribution in [0.4, 0.5) is 8.78 Å². The summed E-state index contributed by atoms with van der Waals surface area (Å²) in [6.07, 6.45) is -0.950. The fraction of sp³-hybridized carbons (Fsp3) is 0.769. The molecule has 1 aromatic rings. The molecular formula is C13H18F2N2O4. The molecule has 0 aromatic carbocycles. The lowest BCUT2D eigenvalue weighted by molar-refractivity contribution is -0.142. The number of aliphatic carboxylic acids is 1. The number of hydrogen-bond acceptors (Lipinski definition) is 5. The zero-order chi connectivity index (χ0) is 15.4. The molecule has 0 aliphatic heterocycles. The summed E-state index contributed by atoms with van der Waals surface area (Å²) in [5, 5.41) is 13.0. The minimum absolute atomic E-state index is 0.0761. The second kappa shape index (κ2) is 6.93. The fourth-order valence-corrected chi connectivity index (χ4v) is 2.69. The SMILES string of the molecule is CC1CC(C(=O)O)C(c2nc(CCOCC(F)F)no2)C1. The van der Waals surface area contributed by atoms with E-state index in [0.717, 1.165) is 0 Å². The van der Waals surface area contributed by atoms with Crippen LogP contribution in [-0.2, 0) is 16.0 Å². The molecule has 1 saturated carbocycles. The van der Waals surface area contributed by atoms with E-state index in [-0.39, 0.29) is 18.9 Å². The number of alkyl halides is 2. The Balaban J connectivity index is 1.91. The highest BCUT2D eigenvalue weighted by molar-refractivity contribution is 5.71. The van der Waals surface area contributed by atoms with E-state index in [1.807, 2.05) is 6.92 Å². The maximum Gasteiger partial charge on any atom is 0.307 e. The van der Waals surface area contributed by atoms with Crippen molar-refractivity contribution < 1.29 is 27.9 Å². The van der Waals surface area contributed by atoms with E-state index < -0.39 is 24.9 Å². The molecule has 21 heavy (non-hydrogen) atoms. The number of carbonyl (C=O) groups is 1. The quantitative estimate of drug-likeness (QED) is 0.776. The normalized spacial score (nSPS) is 25.6. The van der Waals surface area contributed by atoms with Crippen LogP contribution in [0.1, 0.15) is 37.4 Å². The zero-order valence-corrected chi connectivity index (χ0v) is 11.7. The van der Waals surface area contributed by atoms with Crippen LogP contribution in [0.2, 0.25) is 0 Å². The van der Waals surface area contributed by atoms with Crippen molar-refractivity contribution in [1.82, 2.24) is 10.1 Å². The molecule has 0 bridgehead atoms. The summed E-state index contributed by atoms with van der Waals surface area (Å²) in [7, 11) is 0. The second-order valence-electron chi connectivity index (χ2n) is 5.39. The number of aromatic nitrogens is 2. The van der Waals surface area contributed by atoms with E-state index in [1.54, 1.807) is 0 Å². The molecule has 0 saturated heterocycles. The van der Waals surface area contributed by atoms with Gasteiger partial charge in [0, 0.05) is 6.42 Å². The van der Waals surface area contributed by atoms with Crippen molar-refractivity contribution in [1.29, 1.82) is 0 Å². The zero-order valence-electron chi connectivity index (χ0n) is 11.7. The first-order chi connectivity index (χ1) is 9.97. The molecule has 3 atom stereocenters. The van der Waals surface area contributed by atoms with Gasteiger partial charge in [-0.3, -0.25) is 4.79 Å². The highest BCUT2D eigenvalue weighted by Crippen LogP contribution is 2.42. The highest BCUT2D eigenvalue weighted by atomic mass is 19.3. The number of carboxylic acids is 1. The first-order valence-corrected chi connectivity index (χ1v) is 6.88. The van der Waals surface area contributed by atoms with Gasteiger partial charge in [0.15, 0.2) is 5.82 Å². The molecule has 1 fully saturated rings. The maximum absolute atomic E-state index is 11.9. The second-order valence-corrected chi connectivity index (χ2v) is 5.39. The Kier molecular flexibility index (Phi) is 5.22. The molecule has 8 heteroatoms. The average Bonchev–Trinajstić information content (AvgIpc) is 3.00. The molecule has 1 heterocycles. The number of nitrogens with zero attached hydrogens (tertiary/aromatic N) is 2. The Bertz CT molecular complexity index is 480. The van der Waals surface area contributed by atoms with Crippen molar-refractivity contribution in [3.63, 3.8) is 0 Å². The molecule has 1 aromatic heterocycles. The van der Waals surface area contributed by atoms with Crippen molar-refractivity contribution in [2.45, 2.75) is 38.5 Å². The van der Waals surface area contributed by atoms with E-state index in [0.29, 0.717) is 30.5 Å². The first-order valence-electron chi connectivity index (χ1n) is 6.88. The number of rotatable bonds is 7. The van der Waals surface area contributed by atoms with E-state index in [1.165, 1.54) is 0 Å². The molecule has 6 nitrogen and oxygen atoms in total. The minimum atomic E-state index is -2.50. The van der Waals surface area contributed by atoms with Gasteiger partial charge in [-0.15, -0.1) is 0 Å². The van der Waals surface area contributed by atoms with Crippen molar-refractivity contribution in [2.75, 3.05) is 13.2 Å². The monoisotopic (exact) mass is 304 g/mol. The molecule has 1 aliphatic carbocycles. The van der Waals surface area contributed by atoms with Crippen molar-refractivity contribution in [3.8, 4) is 0 Å². The predicted molar refractivity (Wildman–Crippen MR) is 67.1 cm³/mol. The van der Waals surface area contributed by atoms with Gasteiger partial charge in [-0.2, -0.15) is 4.98 Å². The Morgan fingerprint density at radius 1 is 1.52 bits per heavy atom. The molecule has 118 valence electrons. The van der Waals surface area contributed by atoms with Crippen molar-refractivity contribution in [3.05, 3.63) is 11.7 Å². The van der Waals surface area contributed by atoms with E-state index in [9.17, 15) is 18.7 Å². The summed E-state index contributed by atoms with van der Waals surface area (Å²) in [5.41, 5.74) is 0. The molecule has 0 amide bonds. The Morgan fingerprint density at radius 3 is 2.95 bits per heavy atom. The lowest BCUT2D eigenvalue weighted by Crippen LogP contribution is -2.17. The molecule has 0 spiro atoms. The lowest BCUT2D eigenvalue weighted by Gasteiger charge is -2.09. The summed E-state index contributed by atoms with van der Waals surface area (Å²) in [6.45, 7) is 1.45. The average molecular weight is 304 g/mol. The van der Waals surface area contributed by atoms with Gasteiger partial charge >= 0.3 is 5.97 Å². The maximum atomic E-state index is 11.9.